The third-order valence-corrected chi connectivity index (χ3v) is 6.92. The Morgan fingerprint density at radius 1 is 1.28 bits per heavy atom. The average molecular weight is 538 g/mol. The van der Waals surface area contributed by atoms with E-state index in [2.05, 4.69) is 20.3 Å². The molecule has 2 aliphatic rings. The number of rotatable bonds is 7. The molecule has 1 aliphatic heterocycles. The Labute approximate surface area is 222 Å². The first kappa shape index (κ1) is 26.2. The summed E-state index contributed by atoms with van der Waals surface area (Å²) in [5, 5.41) is 21.4. The highest BCUT2D eigenvalue weighted by Crippen LogP contribution is 2.47. The van der Waals surface area contributed by atoms with Crippen LogP contribution in [0.5, 0.6) is 5.75 Å². The lowest BCUT2D eigenvalue weighted by molar-refractivity contribution is -0.161. The van der Waals surface area contributed by atoms with Crippen molar-refractivity contribution in [2.45, 2.75) is 30.8 Å². The molecular formula is C26H25F2N7O4. The van der Waals surface area contributed by atoms with Crippen LogP contribution in [0.4, 0.5) is 14.6 Å². The van der Waals surface area contributed by atoms with Crippen molar-refractivity contribution >= 4 is 17.6 Å². The molecule has 3 atom stereocenters. The number of nitriles is 1. The van der Waals surface area contributed by atoms with Gasteiger partial charge in [0.05, 0.1) is 17.8 Å². The summed E-state index contributed by atoms with van der Waals surface area (Å²) in [6.45, 7) is -1.73. The zero-order valence-electron chi connectivity index (χ0n) is 20.9. The van der Waals surface area contributed by atoms with Gasteiger partial charge in [0.2, 0.25) is 11.8 Å². The number of hydrogen-bond acceptors (Lipinski definition) is 8. The first-order valence-electron chi connectivity index (χ1n) is 12.3. The highest BCUT2D eigenvalue weighted by Gasteiger charge is 2.48. The Morgan fingerprint density at radius 2 is 2.10 bits per heavy atom. The standard InChI is InChI=1S/C26H25F2N7O4/c1-34-7-5-30-24(34)17-9-18(17)25(38)33-22-10-19(31-14-32-22)15-2-3-20(16(8-15)11-29)39-21-4-6-35(23(37)12-36)13-26(21,27)28/h2-3,5,7-8,10,14,17-18,21,36H,4,6,9,12-13H2,1H3,(H,31,32,33,38)/t17?,18?,21-/m0/s1. The number of aliphatic hydroxyl groups is 1. The summed E-state index contributed by atoms with van der Waals surface area (Å²) in [5.41, 5.74) is 0.947. The number of aryl methyl sites for hydroxylation is 1. The van der Waals surface area contributed by atoms with Gasteiger partial charge >= 0.3 is 5.92 Å². The van der Waals surface area contributed by atoms with Crippen molar-refractivity contribution in [3.8, 4) is 23.1 Å². The monoisotopic (exact) mass is 537 g/mol. The molecule has 2 amide bonds. The molecule has 1 saturated heterocycles. The Morgan fingerprint density at radius 3 is 2.79 bits per heavy atom. The SMILES string of the molecule is Cn1ccnc1C1CC1C(=O)Nc1cc(-c2ccc(O[C@H]3CCN(C(=O)CO)CC3(F)F)c(C#N)c2)ncn1. The molecule has 202 valence electrons. The van der Waals surface area contributed by atoms with E-state index >= 15 is 0 Å². The van der Waals surface area contributed by atoms with E-state index < -0.39 is 31.1 Å². The topological polar surface area (TPSA) is 146 Å². The molecule has 5 rings (SSSR count). The Kier molecular flexibility index (Phi) is 6.96. The predicted molar refractivity (Wildman–Crippen MR) is 133 cm³/mol. The van der Waals surface area contributed by atoms with E-state index in [-0.39, 0.29) is 47.8 Å². The smallest absolute Gasteiger partial charge is 0.301 e. The number of aliphatic hydroxyl groups excluding tert-OH is 1. The number of piperidine rings is 1. The normalized spacial score (nSPS) is 21.6. The van der Waals surface area contributed by atoms with E-state index in [1.54, 1.807) is 18.3 Å². The molecule has 2 aromatic heterocycles. The molecule has 2 unspecified atom stereocenters. The molecule has 11 nitrogen and oxygen atoms in total. The van der Waals surface area contributed by atoms with Crippen LogP contribution in [0.3, 0.4) is 0 Å². The third-order valence-electron chi connectivity index (χ3n) is 6.92. The zero-order chi connectivity index (χ0) is 27.7. The molecule has 39 heavy (non-hydrogen) atoms. The van der Waals surface area contributed by atoms with Gasteiger partial charge in [-0.2, -0.15) is 5.26 Å². The zero-order valence-corrected chi connectivity index (χ0v) is 20.9. The fourth-order valence-electron chi connectivity index (χ4n) is 4.72. The maximum Gasteiger partial charge on any atom is 0.301 e. The third kappa shape index (κ3) is 5.42. The van der Waals surface area contributed by atoms with Crippen LogP contribution >= 0.6 is 0 Å². The first-order valence-corrected chi connectivity index (χ1v) is 12.3. The molecule has 3 heterocycles. The molecule has 2 N–H and O–H groups in total. The number of ether oxygens (including phenoxy) is 1. The maximum atomic E-state index is 14.7. The molecule has 1 aromatic carbocycles. The van der Waals surface area contributed by atoms with Crippen LogP contribution in [0.15, 0.2) is 43.0 Å². The number of amides is 2. The van der Waals surface area contributed by atoms with Crippen molar-refractivity contribution in [1.82, 2.24) is 24.4 Å². The lowest BCUT2D eigenvalue weighted by atomic mass is 10.0. The van der Waals surface area contributed by atoms with E-state index in [1.165, 1.54) is 18.5 Å². The fraction of sp³-hybridized carbons (Fsp3) is 0.385. The van der Waals surface area contributed by atoms with Gasteiger partial charge in [-0.05, 0) is 24.6 Å². The molecule has 2 fully saturated rings. The van der Waals surface area contributed by atoms with E-state index in [0.717, 1.165) is 10.7 Å². The lowest BCUT2D eigenvalue weighted by Gasteiger charge is -2.38. The lowest BCUT2D eigenvalue weighted by Crippen LogP contribution is -2.55. The number of likely N-dealkylation sites (tertiary alicyclic amines) is 1. The number of halogens is 2. The van der Waals surface area contributed by atoms with Crippen LogP contribution in [0.25, 0.3) is 11.3 Å². The van der Waals surface area contributed by atoms with Crippen LogP contribution in [-0.2, 0) is 16.6 Å². The van der Waals surface area contributed by atoms with E-state index in [4.69, 9.17) is 9.84 Å². The minimum absolute atomic E-state index is 0.00163. The molecular weight excluding hydrogens is 512 g/mol. The summed E-state index contributed by atoms with van der Waals surface area (Å²) in [4.78, 5) is 37.9. The largest absolute Gasteiger partial charge is 0.483 e. The number of alkyl halides is 2. The molecule has 0 spiro atoms. The van der Waals surface area contributed by atoms with Gasteiger partial charge in [0.25, 0.3) is 0 Å². The maximum absolute atomic E-state index is 14.7. The van der Waals surface area contributed by atoms with Crippen LogP contribution in [0.2, 0.25) is 0 Å². The molecule has 0 radical (unpaired) electrons. The summed E-state index contributed by atoms with van der Waals surface area (Å²) in [6, 6.07) is 7.98. The van der Waals surface area contributed by atoms with Crippen molar-refractivity contribution in [2.24, 2.45) is 13.0 Å². The fourth-order valence-corrected chi connectivity index (χ4v) is 4.72. The summed E-state index contributed by atoms with van der Waals surface area (Å²) in [5.74, 6) is -3.37. The van der Waals surface area contributed by atoms with Gasteiger partial charge < -0.3 is 24.6 Å². The van der Waals surface area contributed by atoms with Gasteiger partial charge in [0, 0.05) is 55.9 Å². The van der Waals surface area contributed by atoms with Gasteiger partial charge in [-0.15, -0.1) is 0 Å². The molecule has 1 aliphatic carbocycles. The highest BCUT2D eigenvalue weighted by molar-refractivity contribution is 5.94. The average Bonchev–Trinajstić information content (AvgIpc) is 3.61. The van der Waals surface area contributed by atoms with E-state index in [1.807, 2.05) is 23.9 Å². The van der Waals surface area contributed by atoms with Gasteiger partial charge in [-0.1, -0.05) is 0 Å². The van der Waals surface area contributed by atoms with Gasteiger partial charge in [0.1, 0.15) is 36.4 Å². The Hall–Kier alpha value is -4.44. The van der Waals surface area contributed by atoms with Gasteiger partial charge in [-0.25, -0.2) is 23.7 Å². The summed E-state index contributed by atoms with van der Waals surface area (Å²) in [7, 11) is 1.88. The number of nitrogens with zero attached hydrogens (tertiary/aromatic N) is 6. The number of carbonyl (C=O) groups is 2. The molecule has 13 heteroatoms. The van der Waals surface area contributed by atoms with Gasteiger partial charge in [-0.3, -0.25) is 9.59 Å². The number of aromatic nitrogens is 4. The van der Waals surface area contributed by atoms with Gasteiger partial charge in [0.15, 0.2) is 6.10 Å². The Balaban J connectivity index is 1.27. The summed E-state index contributed by atoms with van der Waals surface area (Å²) in [6.07, 6.45) is 3.80. The van der Waals surface area contributed by atoms with Crippen molar-refractivity contribution in [1.29, 1.82) is 5.26 Å². The van der Waals surface area contributed by atoms with Crippen LogP contribution in [0, 0.1) is 17.2 Å². The number of hydrogen-bond donors (Lipinski definition) is 2. The number of carbonyl (C=O) groups excluding carboxylic acids is 2. The second-order valence-corrected chi connectivity index (χ2v) is 9.58. The minimum Gasteiger partial charge on any atom is -0.483 e. The second kappa shape index (κ2) is 10.4. The Bertz CT molecular complexity index is 1450. The predicted octanol–water partition coefficient (Wildman–Crippen LogP) is 2.10. The summed E-state index contributed by atoms with van der Waals surface area (Å²) < 4.78 is 36.8. The van der Waals surface area contributed by atoms with E-state index in [9.17, 15) is 23.6 Å². The summed E-state index contributed by atoms with van der Waals surface area (Å²) >= 11 is 0. The van der Waals surface area contributed by atoms with Crippen LogP contribution in [-0.4, -0.2) is 73.1 Å². The quantitative estimate of drug-likeness (QED) is 0.466. The second-order valence-electron chi connectivity index (χ2n) is 9.58. The van der Waals surface area contributed by atoms with Crippen LogP contribution < -0.4 is 10.1 Å². The molecule has 0 bridgehead atoms. The highest BCUT2D eigenvalue weighted by atomic mass is 19.3. The number of nitrogens with one attached hydrogen (secondary N) is 1. The number of anilines is 1. The number of benzene rings is 1. The molecule has 3 aromatic rings. The minimum atomic E-state index is -3.37. The van der Waals surface area contributed by atoms with E-state index in [0.29, 0.717) is 17.7 Å². The van der Waals surface area contributed by atoms with Crippen LogP contribution in [0.1, 0.15) is 30.1 Å². The number of imidazole rings is 1. The molecule has 1 saturated carbocycles. The van der Waals surface area contributed by atoms with Crippen molar-refractivity contribution in [2.75, 3.05) is 25.0 Å². The first-order chi connectivity index (χ1) is 18.7. The van der Waals surface area contributed by atoms with Crippen molar-refractivity contribution in [3.63, 3.8) is 0 Å². The van der Waals surface area contributed by atoms with Crippen molar-refractivity contribution < 1.29 is 28.2 Å². The van der Waals surface area contributed by atoms with Crippen molar-refractivity contribution in [3.05, 3.63) is 54.4 Å².